The first kappa shape index (κ1) is 23.1. The van der Waals surface area contributed by atoms with Gasteiger partial charge in [-0.15, -0.1) is 0 Å². The maximum absolute atomic E-state index is 14.0. The second kappa shape index (κ2) is 9.15. The molecule has 8 heteroatoms. The Hall–Kier alpha value is -3.71. The topological polar surface area (TPSA) is 77.1 Å². The number of nitrogens with zero attached hydrogens (tertiary/aromatic N) is 1. The van der Waals surface area contributed by atoms with Crippen molar-refractivity contribution in [2.24, 2.45) is 0 Å². The summed E-state index contributed by atoms with van der Waals surface area (Å²) in [5.41, 5.74) is 3.56. The Morgan fingerprint density at radius 1 is 0.943 bits per heavy atom. The lowest BCUT2D eigenvalue weighted by Crippen LogP contribution is -2.49. The van der Waals surface area contributed by atoms with E-state index in [4.69, 9.17) is 25.8 Å². The maximum atomic E-state index is 14.0. The maximum Gasteiger partial charge on any atom is 0.254 e. The molecule has 2 aliphatic rings. The first-order valence-electron chi connectivity index (χ1n) is 11.3. The van der Waals surface area contributed by atoms with Crippen LogP contribution in [0.5, 0.6) is 17.2 Å². The molecule has 0 spiro atoms. The summed E-state index contributed by atoms with van der Waals surface area (Å²) in [7, 11) is 4.58. The van der Waals surface area contributed by atoms with E-state index < -0.39 is 12.0 Å². The molecule has 0 aromatic heterocycles. The lowest BCUT2D eigenvalue weighted by atomic mass is 9.75. The molecule has 1 N–H and O–H groups in total. The standard InChI is InChI=1S/C27H25ClN2O5/c1-33-21-9-8-16(28)12-20(21)29-26(31)24-18-13-22(34-2)23(35-3)14-19(18)27(32)30-11-10-15-6-4-5-7-17(15)25(24)30/h4-9,12-14,24-25H,10-11H2,1-3H3,(H,29,31)/t24-,25-/m0/s1. The number of rotatable bonds is 5. The molecule has 180 valence electrons. The molecule has 2 aliphatic heterocycles. The molecule has 2 atom stereocenters. The van der Waals surface area contributed by atoms with E-state index in [2.05, 4.69) is 11.4 Å². The highest BCUT2D eigenvalue weighted by Crippen LogP contribution is 2.49. The predicted molar refractivity (Wildman–Crippen MR) is 133 cm³/mol. The predicted octanol–water partition coefficient (Wildman–Crippen LogP) is 4.84. The molecule has 35 heavy (non-hydrogen) atoms. The van der Waals surface area contributed by atoms with Gasteiger partial charge in [-0.25, -0.2) is 0 Å². The number of hydrogen-bond donors (Lipinski definition) is 1. The smallest absolute Gasteiger partial charge is 0.254 e. The van der Waals surface area contributed by atoms with Gasteiger partial charge in [0.1, 0.15) is 5.75 Å². The Morgan fingerprint density at radius 2 is 1.66 bits per heavy atom. The van der Waals surface area contributed by atoms with Crippen molar-refractivity contribution in [3.05, 3.63) is 81.9 Å². The number of halogens is 1. The van der Waals surface area contributed by atoms with Crippen molar-refractivity contribution >= 4 is 29.1 Å². The molecule has 0 bridgehead atoms. The van der Waals surface area contributed by atoms with Crippen molar-refractivity contribution in [2.75, 3.05) is 33.2 Å². The van der Waals surface area contributed by atoms with E-state index in [0.29, 0.717) is 45.6 Å². The molecule has 2 amide bonds. The number of amides is 2. The van der Waals surface area contributed by atoms with Gasteiger partial charge >= 0.3 is 0 Å². The zero-order chi connectivity index (χ0) is 24.7. The van der Waals surface area contributed by atoms with E-state index in [1.54, 1.807) is 35.2 Å². The Morgan fingerprint density at radius 3 is 2.40 bits per heavy atom. The van der Waals surface area contributed by atoms with Gasteiger partial charge in [0.2, 0.25) is 5.91 Å². The number of methoxy groups -OCH3 is 3. The van der Waals surface area contributed by atoms with Gasteiger partial charge in [0.25, 0.3) is 5.91 Å². The van der Waals surface area contributed by atoms with E-state index in [1.807, 2.05) is 18.2 Å². The number of fused-ring (bicyclic) bond motifs is 4. The van der Waals surface area contributed by atoms with Crippen LogP contribution in [0.25, 0.3) is 0 Å². The molecular formula is C27H25ClN2O5. The second-order valence-corrected chi connectivity index (χ2v) is 8.93. The molecule has 3 aromatic rings. The Labute approximate surface area is 208 Å². The van der Waals surface area contributed by atoms with Crippen molar-refractivity contribution in [3.8, 4) is 17.2 Å². The highest BCUT2D eigenvalue weighted by Gasteiger charge is 2.47. The van der Waals surface area contributed by atoms with E-state index in [-0.39, 0.29) is 11.8 Å². The van der Waals surface area contributed by atoms with Crippen LogP contribution in [0.2, 0.25) is 5.02 Å². The third-order valence-corrected chi connectivity index (χ3v) is 6.97. The molecule has 5 rings (SSSR count). The SMILES string of the molecule is COc1ccc(Cl)cc1NC(=O)[C@H]1c2cc(OC)c(OC)cc2C(=O)N2CCc3ccccc3[C@@H]12. The number of carbonyl (C=O) groups excluding carboxylic acids is 2. The number of ether oxygens (including phenoxy) is 3. The van der Waals surface area contributed by atoms with Crippen LogP contribution in [-0.2, 0) is 11.2 Å². The highest BCUT2D eigenvalue weighted by atomic mass is 35.5. The number of hydrogen-bond acceptors (Lipinski definition) is 5. The van der Waals surface area contributed by atoms with Crippen LogP contribution in [0, 0.1) is 0 Å². The van der Waals surface area contributed by atoms with E-state index in [9.17, 15) is 9.59 Å². The first-order valence-corrected chi connectivity index (χ1v) is 11.6. The number of carbonyl (C=O) groups is 2. The number of benzene rings is 3. The van der Waals surface area contributed by atoms with Crippen LogP contribution in [0.3, 0.4) is 0 Å². The molecule has 7 nitrogen and oxygen atoms in total. The molecule has 0 aliphatic carbocycles. The summed E-state index contributed by atoms with van der Waals surface area (Å²) >= 11 is 6.20. The van der Waals surface area contributed by atoms with Crippen LogP contribution < -0.4 is 19.5 Å². The fourth-order valence-electron chi connectivity index (χ4n) is 5.12. The third kappa shape index (κ3) is 3.86. The molecule has 2 heterocycles. The second-order valence-electron chi connectivity index (χ2n) is 8.50. The summed E-state index contributed by atoms with van der Waals surface area (Å²) in [5, 5.41) is 3.47. The van der Waals surface area contributed by atoms with Gasteiger partial charge in [-0.1, -0.05) is 35.9 Å². The lowest BCUT2D eigenvalue weighted by Gasteiger charge is -2.45. The Balaban J connectivity index is 1.69. The van der Waals surface area contributed by atoms with Gasteiger partial charge in [0.15, 0.2) is 11.5 Å². The number of nitrogens with one attached hydrogen (secondary N) is 1. The minimum absolute atomic E-state index is 0.134. The van der Waals surface area contributed by atoms with E-state index in [1.165, 1.54) is 21.3 Å². The van der Waals surface area contributed by atoms with Crippen LogP contribution in [0.1, 0.15) is 39.0 Å². The third-order valence-electron chi connectivity index (χ3n) is 6.73. The molecule has 0 saturated heterocycles. The molecular weight excluding hydrogens is 468 g/mol. The van der Waals surface area contributed by atoms with Gasteiger partial charge in [0, 0.05) is 17.1 Å². The summed E-state index contributed by atoms with van der Waals surface area (Å²) in [6, 6.07) is 15.9. The molecule has 0 unspecified atom stereocenters. The van der Waals surface area contributed by atoms with Crippen molar-refractivity contribution < 1.29 is 23.8 Å². The quantitative estimate of drug-likeness (QED) is 0.551. The zero-order valence-corrected chi connectivity index (χ0v) is 20.4. The van der Waals surface area contributed by atoms with Gasteiger partial charge in [-0.2, -0.15) is 0 Å². The summed E-state index contributed by atoms with van der Waals surface area (Å²) in [4.78, 5) is 29.5. The van der Waals surface area contributed by atoms with Gasteiger partial charge in [-0.3, -0.25) is 9.59 Å². The van der Waals surface area contributed by atoms with Crippen molar-refractivity contribution in [3.63, 3.8) is 0 Å². The lowest BCUT2D eigenvalue weighted by molar-refractivity contribution is -0.119. The zero-order valence-electron chi connectivity index (χ0n) is 19.6. The van der Waals surface area contributed by atoms with Crippen molar-refractivity contribution in [2.45, 2.75) is 18.4 Å². The molecule has 3 aromatic carbocycles. The first-order chi connectivity index (χ1) is 17.0. The fraction of sp³-hybridized carbons (Fsp3) is 0.259. The van der Waals surface area contributed by atoms with E-state index >= 15 is 0 Å². The van der Waals surface area contributed by atoms with Crippen molar-refractivity contribution in [1.82, 2.24) is 4.90 Å². The monoisotopic (exact) mass is 492 g/mol. The van der Waals surface area contributed by atoms with Gasteiger partial charge in [0.05, 0.1) is 39.0 Å². The summed E-state index contributed by atoms with van der Waals surface area (Å²) < 4.78 is 16.4. The Kier molecular flexibility index (Phi) is 6.03. The fourth-order valence-corrected chi connectivity index (χ4v) is 5.29. The molecule has 0 saturated carbocycles. The van der Waals surface area contributed by atoms with Crippen LogP contribution in [-0.4, -0.2) is 44.6 Å². The molecule has 0 radical (unpaired) electrons. The normalized spacial score (nSPS) is 18.2. The minimum Gasteiger partial charge on any atom is -0.495 e. The van der Waals surface area contributed by atoms with Gasteiger partial charge in [-0.05, 0) is 53.4 Å². The average Bonchev–Trinajstić information content (AvgIpc) is 2.88. The largest absolute Gasteiger partial charge is 0.495 e. The van der Waals surface area contributed by atoms with Gasteiger partial charge < -0.3 is 24.4 Å². The summed E-state index contributed by atoms with van der Waals surface area (Å²) in [6.07, 6.45) is 0.720. The van der Waals surface area contributed by atoms with Crippen LogP contribution >= 0.6 is 11.6 Å². The highest BCUT2D eigenvalue weighted by molar-refractivity contribution is 6.31. The summed E-state index contributed by atoms with van der Waals surface area (Å²) in [6.45, 7) is 0.512. The Bertz CT molecular complexity index is 1320. The summed E-state index contributed by atoms with van der Waals surface area (Å²) in [5.74, 6) is 0.264. The van der Waals surface area contributed by atoms with Crippen LogP contribution in [0.4, 0.5) is 5.69 Å². The average molecular weight is 493 g/mol. The van der Waals surface area contributed by atoms with Crippen molar-refractivity contribution in [1.29, 1.82) is 0 Å². The van der Waals surface area contributed by atoms with E-state index in [0.717, 1.165) is 17.5 Å². The number of anilines is 1. The minimum atomic E-state index is -0.701. The van der Waals surface area contributed by atoms with Crippen LogP contribution in [0.15, 0.2) is 54.6 Å². The molecule has 0 fully saturated rings.